The fourth-order valence-electron chi connectivity index (χ4n) is 4.92. The molecule has 3 aliphatic rings. The Balaban J connectivity index is 1.71. The summed E-state index contributed by atoms with van der Waals surface area (Å²) in [7, 11) is 0. The minimum atomic E-state index is -0.679. The van der Waals surface area contributed by atoms with Crippen molar-refractivity contribution in [2.24, 2.45) is 11.8 Å². The summed E-state index contributed by atoms with van der Waals surface area (Å²) < 4.78 is 14.4. The first kappa shape index (κ1) is 18.1. The standard InChI is InChI=1S/C20H24FN3O3/c1-10-7-22-8-11(2)18(10)13-5-12(21)6-14-15(13)9-24(20(14)27)16-3-4-17(25)23-19(16)26/h5-6,10-11,16,18,22H,3-4,7-9H2,1-2H3,(H,23,25,26). The molecule has 2 N–H and O–H groups in total. The number of rotatable bonds is 2. The van der Waals surface area contributed by atoms with Crippen molar-refractivity contribution in [3.8, 4) is 0 Å². The Morgan fingerprint density at radius 1 is 1.11 bits per heavy atom. The summed E-state index contributed by atoms with van der Waals surface area (Å²) in [5.74, 6) is -0.707. The zero-order valence-corrected chi connectivity index (χ0v) is 15.5. The second-order valence-corrected chi connectivity index (χ2v) is 8.06. The number of piperidine rings is 2. The lowest BCUT2D eigenvalue weighted by Crippen LogP contribution is -2.52. The second kappa shape index (κ2) is 6.71. The van der Waals surface area contributed by atoms with Gasteiger partial charge in [-0.3, -0.25) is 19.7 Å². The van der Waals surface area contributed by atoms with Crippen molar-refractivity contribution in [2.75, 3.05) is 13.1 Å². The van der Waals surface area contributed by atoms with Gasteiger partial charge in [-0.05, 0) is 60.5 Å². The van der Waals surface area contributed by atoms with E-state index in [-0.39, 0.29) is 24.2 Å². The van der Waals surface area contributed by atoms with E-state index in [9.17, 15) is 18.8 Å². The molecule has 3 amide bonds. The molecule has 2 fully saturated rings. The molecule has 1 aromatic carbocycles. The predicted molar refractivity (Wildman–Crippen MR) is 96.4 cm³/mol. The number of fused-ring (bicyclic) bond motifs is 1. The highest BCUT2D eigenvalue weighted by molar-refractivity contribution is 6.05. The number of hydrogen-bond acceptors (Lipinski definition) is 4. The molecule has 6 nitrogen and oxygen atoms in total. The largest absolute Gasteiger partial charge is 0.322 e. The number of imide groups is 1. The van der Waals surface area contributed by atoms with Gasteiger partial charge in [0.2, 0.25) is 11.8 Å². The van der Waals surface area contributed by atoms with Gasteiger partial charge >= 0.3 is 0 Å². The Bertz CT molecular complexity index is 815. The number of nitrogens with zero attached hydrogens (tertiary/aromatic N) is 1. The van der Waals surface area contributed by atoms with Crippen LogP contribution in [0.4, 0.5) is 4.39 Å². The van der Waals surface area contributed by atoms with Gasteiger partial charge in [0.15, 0.2) is 0 Å². The summed E-state index contributed by atoms with van der Waals surface area (Å²) in [5.41, 5.74) is 2.07. The maximum absolute atomic E-state index is 14.4. The van der Waals surface area contributed by atoms with Crippen LogP contribution in [-0.2, 0) is 16.1 Å². The van der Waals surface area contributed by atoms with Gasteiger partial charge in [0.25, 0.3) is 5.91 Å². The van der Waals surface area contributed by atoms with Gasteiger partial charge in [0.05, 0.1) is 0 Å². The number of carbonyl (C=O) groups excluding carboxylic acids is 3. The van der Waals surface area contributed by atoms with Crippen LogP contribution in [0.15, 0.2) is 12.1 Å². The quantitative estimate of drug-likeness (QED) is 0.771. The molecule has 0 radical (unpaired) electrons. The van der Waals surface area contributed by atoms with Crippen LogP contribution in [0, 0.1) is 17.7 Å². The van der Waals surface area contributed by atoms with Crippen LogP contribution in [0.5, 0.6) is 0 Å². The van der Waals surface area contributed by atoms with E-state index in [1.807, 2.05) is 0 Å². The first-order valence-corrected chi connectivity index (χ1v) is 9.54. The molecule has 3 unspecified atom stereocenters. The van der Waals surface area contributed by atoms with Gasteiger partial charge in [-0.15, -0.1) is 0 Å². The summed E-state index contributed by atoms with van der Waals surface area (Å²) in [6.45, 7) is 6.27. The van der Waals surface area contributed by atoms with Crippen molar-refractivity contribution < 1.29 is 18.8 Å². The van der Waals surface area contributed by atoms with Crippen LogP contribution in [0.3, 0.4) is 0 Å². The fraction of sp³-hybridized carbons (Fsp3) is 0.550. The fourth-order valence-corrected chi connectivity index (χ4v) is 4.92. The van der Waals surface area contributed by atoms with Crippen LogP contribution in [-0.4, -0.2) is 41.8 Å². The van der Waals surface area contributed by atoms with Crippen molar-refractivity contribution in [2.45, 2.75) is 45.2 Å². The molecule has 7 heteroatoms. The minimum Gasteiger partial charge on any atom is -0.322 e. The van der Waals surface area contributed by atoms with E-state index in [0.29, 0.717) is 30.4 Å². The van der Waals surface area contributed by atoms with Crippen LogP contribution in [0.1, 0.15) is 54.1 Å². The molecule has 3 atom stereocenters. The number of nitrogens with one attached hydrogen (secondary N) is 2. The molecule has 1 aromatic rings. The van der Waals surface area contributed by atoms with Crippen molar-refractivity contribution in [3.05, 3.63) is 34.6 Å². The number of amides is 3. The SMILES string of the molecule is CC1CNCC(C)C1c1cc(F)cc2c1CN(C1CCC(=O)NC1=O)C2=O. The van der Waals surface area contributed by atoms with Gasteiger partial charge in [-0.2, -0.15) is 0 Å². The number of benzene rings is 1. The van der Waals surface area contributed by atoms with E-state index in [2.05, 4.69) is 24.5 Å². The van der Waals surface area contributed by atoms with E-state index in [1.165, 1.54) is 11.0 Å². The van der Waals surface area contributed by atoms with E-state index in [4.69, 9.17) is 0 Å². The van der Waals surface area contributed by atoms with Gasteiger partial charge in [0, 0.05) is 18.5 Å². The minimum absolute atomic E-state index is 0.158. The van der Waals surface area contributed by atoms with E-state index < -0.39 is 17.8 Å². The number of hydrogen-bond donors (Lipinski definition) is 2. The molecule has 0 aromatic heterocycles. The van der Waals surface area contributed by atoms with Crippen LogP contribution in [0.25, 0.3) is 0 Å². The Hall–Kier alpha value is -2.28. The Morgan fingerprint density at radius 2 is 1.81 bits per heavy atom. The highest BCUT2D eigenvalue weighted by atomic mass is 19.1. The van der Waals surface area contributed by atoms with E-state index in [0.717, 1.165) is 24.2 Å². The maximum atomic E-state index is 14.4. The molecule has 0 spiro atoms. The lowest BCUT2D eigenvalue weighted by Gasteiger charge is -2.36. The third-order valence-corrected chi connectivity index (χ3v) is 6.17. The van der Waals surface area contributed by atoms with Crippen LogP contribution in [0.2, 0.25) is 0 Å². The average Bonchev–Trinajstić information content (AvgIpc) is 2.92. The van der Waals surface area contributed by atoms with Crippen molar-refractivity contribution in [1.82, 2.24) is 15.5 Å². The molecule has 0 aliphatic carbocycles. The van der Waals surface area contributed by atoms with Crippen molar-refractivity contribution in [3.63, 3.8) is 0 Å². The number of carbonyl (C=O) groups is 3. The first-order valence-electron chi connectivity index (χ1n) is 9.54. The third kappa shape index (κ3) is 3.04. The zero-order valence-electron chi connectivity index (χ0n) is 15.5. The highest BCUT2D eigenvalue weighted by Gasteiger charge is 2.42. The predicted octanol–water partition coefficient (Wildman–Crippen LogP) is 1.55. The van der Waals surface area contributed by atoms with Crippen LogP contribution < -0.4 is 10.6 Å². The zero-order chi connectivity index (χ0) is 19.3. The summed E-state index contributed by atoms with van der Waals surface area (Å²) in [5, 5.41) is 5.69. The van der Waals surface area contributed by atoms with Crippen molar-refractivity contribution in [1.29, 1.82) is 0 Å². The molecule has 4 rings (SSSR count). The summed E-state index contributed by atoms with van der Waals surface area (Å²) in [4.78, 5) is 38.1. The lowest BCUT2D eigenvalue weighted by molar-refractivity contribution is -0.136. The molecule has 144 valence electrons. The Morgan fingerprint density at radius 3 is 2.48 bits per heavy atom. The summed E-state index contributed by atoms with van der Waals surface area (Å²) >= 11 is 0. The second-order valence-electron chi connectivity index (χ2n) is 8.06. The van der Waals surface area contributed by atoms with Gasteiger partial charge in [0.1, 0.15) is 11.9 Å². The number of halogens is 1. The Labute approximate surface area is 157 Å². The topological polar surface area (TPSA) is 78.5 Å². The van der Waals surface area contributed by atoms with Gasteiger partial charge in [-0.1, -0.05) is 13.8 Å². The summed E-state index contributed by atoms with van der Waals surface area (Å²) in [6, 6.07) is 2.16. The van der Waals surface area contributed by atoms with Gasteiger partial charge in [-0.25, -0.2) is 4.39 Å². The molecule has 2 saturated heterocycles. The van der Waals surface area contributed by atoms with Crippen molar-refractivity contribution >= 4 is 17.7 Å². The molecular weight excluding hydrogens is 349 g/mol. The highest BCUT2D eigenvalue weighted by Crippen LogP contribution is 2.40. The molecule has 27 heavy (non-hydrogen) atoms. The first-order chi connectivity index (χ1) is 12.9. The molecule has 0 bridgehead atoms. The van der Waals surface area contributed by atoms with E-state index >= 15 is 0 Å². The smallest absolute Gasteiger partial charge is 0.255 e. The maximum Gasteiger partial charge on any atom is 0.255 e. The molecule has 3 aliphatic heterocycles. The Kier molecular flexibility index (Phi) is 4.50. The summed E-state index contributed by atoms with van der Waals surface area (Å²) in [6.07, 6.45) is 0.516. The third-order valence-electron chi connectivity index (χ3n) is 6.17. The normalized spacial score (nSPS) is 31.1. The lowest BCUT2D eigenvalue weighted by atomic mass is 9.74. The average molecular weight is 373 g/mol. The van der Waals surface area contributed by atoms with Gasteiger partial charge < -0.3 is 10.2 Å². The molecule has 3 heterocycles. The molecular formula is C20H24FN3O3. The monoisotopic (exact) mass is 373 g/mol. The molecule has 0 saturated carbocycles. The van der Waals surface area contributed by atoms with Crippen LogP contribution >= 0.6 is 0 Å². The van der Waals surface area contributed by atoms with E-state index in [1.54, 1.807) is 6.07 Å².